The minimum Gasteiger partial charge on any atom is -0.453 e. The van der Waals surface area contributed by atoms with Gasteiger partial charge in [0.1, 0.15) is 6.04 Å². The van der Waals surface area contributed by atoms with E-state index in [1.54, 1.807) is 4.90 Å². The number of anilines is 1. The van der Waals surface area contributed by atoms with Gasteiger partial charge in [-0.2, -0.15) is 0 Å². The fourth-order valence-electron chi connectivity index (χ4n) is 4.06. The largest absolute Gasteiger partial charge is 0.453 e. The van der Waals surface area contributed by atoms with Crippen LogP contribution >= 0.6 is 0 Å². The van der Waals surface area contributed by atoms with E-state index >= 15 is 0 Å². The third-order valence-electron chi connectivity index (χ3n) is 5.30. The second-order valence-corrected chi connectivity index (χ2v) is 6.74. The van der Waals surface area contributed by atoms with Crippen molar-refractivity contribution in [3.05, 3.63) is 65.2 Å². The third kappa shape index (κ3) is 2.73. The molecule has 0 spiro atoms. The van der Waals surface area contributed by atoms with Gasteiger partial charge in [-0.3, -0.25) is 9.69 Å². The van der Waals surface area contributed by atoms with Gasteiger partial charge in [0.2, 0.25) is 0 Å². The summed E-state index contributed by atoms with van der Waals surface area (Å²) < 4.78 is 4.96. The molecule has 4 rings (SSSR count). The molecule has 0 fully saturated rings. The van der Waals surface area contributed by atoms with Crippen molar-refractivity contribution < 1.29 is 14.3 Å². The standard InChI is InChI=1S/C21H22N2O3/c1-26-21(25)23-14-12-15-7-2-4-10-17(15)19(23)20(24)22-13-6-9-16-8-3-5-11-18(16)22/h2-5,7-8,10-11,19H,6,9,12-14H2,1H3. The number of para-hydroxylation sites is 1. The van der Waals surface area contributed by atoms with E-state index < -0.39 is 12.1 Å². The maximum Gasteiger partial charge on any atom is 0.410 e. The molecule has 5 nitrogen and oxygen atoms in total. The zero-order chi connectivity index (χ0) is 18.1. The lowest BCUT2D eigenvalue weighted by Gasteiger charge is -2.39. The molecule has 1 atom stereocenters. The van der Waals surface area contributed by atoms with Crippen LogP contribution in [0.3, 0.4) is 0 Å². The Bertz CT molecular complexity index is 849. The van der Waals surface area contributed by atoms with Crippen molar-refractivity contribution in [3.8, 4) is 0 Å². The molecule has 5 heteroatoms. The van der Waals surface area contributed by atoms with Crippen LogP contribution in [0, 0.1) is 0 Å². The highest BCUT2D eigenvalue weighted by molar-refractivity contribution is 6.00. The lowest BCUT2D eigenvalue weighted by atomic mass is 9.91. The fourth-order valence-corrected chi connectivity index (χ4v) is 4.06. The molecule has 0 bridgehead atoms. The van der Waals surface area contributed by atoms with Gasteiger partial charge >= 0.3 is 6.09 Å². The van der Waals surface area contributed by atoms with Crippen LogP contribution in [-0.2, 0) is 22.4 Å². The Kier molecular flexibility index (Phi) is 4.37. The number of carbonyl (C=O) groups is 2. The minimum absolute atomic E-state index is 0.0605. The Morgan fingerprint density at radius 2 is 1.69 bits per heavy atom. The van der Waals surface area contributed by atoms with Crippen LogP contribution in [0.4, 0.5) is 10.5 Å². The van der Waals surface area contributed by atoms with E-state index in [-0.39, 0.29) is 5.91 Å². The maximum atomic E-state index is 13.6. The number of rotatable bonds is 1. The predicted molar refractivity (Wildman–Crippen MR) is 99.1 cm³/mol. The quantitative estimate of drug-likeness (QED) is 0.793. The molecule has 2 aliphatic heterocycles. The molecule has 0 N–H and O–H groups in total. The molecule has 0 radical (unpaired) electrons. The molecule has 2 aromatic rings. The van der Waals surface area contributed by atoms with Gasteiger partial charge in [-0.05, 0) is 42.0 Å². The fraction of sp³-hybridized carbons (Fsp3) is 0.333. The van der Waals surface area contributed by atoms with Crippen molar-refractivity contribution in [2.75, 3.05) is 25.1 Å². The number of benzene rings is 2. The smallest absolute Gasteiger partial charge is 0.410 e. The van der Waals surface area contributed by atoms with Gasteiger partial charge < -0.3 is 9.64 Å². The molecular weight excluding hydrogens is 328 g/mol. The number of aryl methyl sites for hydroxylation is 1. The molecule has 2 heterocycles. The van der Waals surface area contributed by atoms with E-state index in [0.29, 0.717) is 13.1 Å². The summed E-state index contributed by atoms with van der Waals surface area (Å²) in [4.78, 5) is 29.3. The summed E-state index contributed by atoms with van der Waals surface area (Å²) in [7, 11) is 1.36. The molecule has 26 heavy (non-hydrogen) atoms. The Labute approximate surface area is 153 Å². The topological polar surface area (TPSA) is 49.9 Å². The summed E-state index contributed by atoms with van der Waals surface area (Å²) in [6.45, 7) is 1.15. The summed E-state index contributed by atoms with van der Waals surface area (Å²) in [5.74, 6) is -0.0605. The number of fused-ring (bicyclic) bond motifs is 2. The molecule has 2 amide bonds. The maximum absolute atomic E-state index is 13.6. The zero-order valence-electron chi connectivity index (χ0n) is 14.9. The summed E-state index contributed by atoms with van der Waals surface area (Å²) in [6.07, 6.45) is 2.17. The van der Waals surface area contributed by atoms with Gasteiger partial charge in [-0.15, -0.1) is 0 Å². The van der Waals surface area contributed by atoms with E-state index in [4.69, 9.17) is 4.74 Å². The lowest BCUT2D eigenvalue weighted by molar-refractivity contribution is -0.124. The van der Waals surface area contributed by atoms with E-state index in [0.717, 1.165) is 36.1 Å². The highest BCUT2D eigenvalue weighted by Crippen LogP contribution is 2.35. The second kappa shape index (κ2) is 6.83. The zero-order valence-corrected chi connectivity index (χ0v) is 14.9. The average Bonchev–Trinajstić information content (AvgIpc) is 2.71. The van der Waals surface area contributed by atoms with Crippen LogP contribution in [0.25, 0.3) is 0 Å². The number of ether oxygens (including phenoxy) is 1. The van der Waals surface area contributed by atoms with Crippen molar-refractivity contribution in [2.24, 2.45) is 0 Å². The first-order valence-corrected chi connectivity index (χ1v) is 9.02. The van der Waals surface area contributed by atoms with Gasteiger partial charge in [0.05, 0.1) is 7.11 Å². The van der Waals surface area contributed by atoms with E-state index in [1.807, 2.05) is 47.4 Å². The normalized spacial score (nSPS) is 18.7. The van der Waals surface area contributed by atoms with Crippen molar-refractivity contribution in [3.63, 3.8) is 0 Å². The Morgan fingerprint density at radius 3 is 2.50 bits per heavy atom. The first kappa shape index (κ1) is 16.6. The average molecular weight is 350 g/mol. The van der Waals surface area contributed by atoms with E-state index in [1.165, 1.54) is 12.7 Å². The van der Waals surface area contributed by atoms with Crippen LogP contribution in [0.15, 0.2) is 48.5 Å². The van der Waals surface area contributed by atoms with E-state index in [9.17, 15) is 9.59 Å². The number of nitrogens with zero attached hydrogens (tertiary/aromatic N) is 2. The first-order valence-electron chi connectivity index (χ1n) is 9.02. The molecule has 134 valence electrons. The van der Waals surface area contributed by atoms with Gasteiger partial charge in [0, 0.05) is 18.8 Å². The summed E-state index contributed by atoms with van der Waals surface area (Å²) >= 11 is 0. The highest BCUT2D eigenvalue weighted by Gasteiger charge is 2.39. The monoisotopic (exact) mass is 350 g/mol. The van der Waals surface area contributed by atoms with Crippen LogP contribution < -0.4 is 4.90 Å². The van der Waals surface area contributed by atoms with Gasteiger partial charge in [0.25, 0.3) is 5.91 Å². The molecule has 0 saturated heterocycles. The SMILES string of the molecule is COC(=O)N1CCc2ccccc2C1C(=O)N1CCCc2ccccc21. The predicted octanol–water partition coefficient (Wildman–Crippen LogP) is 3.33. The number of methoxy groups -OCH3 is 1. The van der Waals surface area contributed by atoms with Crippen molar-refractivity contribution in [1.29, 1.82) is 0 Å². The van der Waals surface area contributed by atoms with Crippen molar-refractivity contribution in [1.82, 2.24) is 4.90 Å². The lowest BCUT2D eigenvalue weighted by Crippen LogP contribution is -2.49. The van der Waals surface area contributed by atoms with E-state index in [2.05, 4.69) is 6.07 Å². The number of hydrogen-bond acceptors (Lipinski definition) is 3. The summed E-state index contributed by atoms with van der Waals surface area (Å²) in [5, 5.41) is 0. The molecule has 0 aliphatic carbocycles. The van der Waals surface area contributed by atoms with Crippen LogP contribution in [0.2, 0.25) is 0 Å². The first-order chi connectivity index (χ1) is 12.7. The Balaban J connectivity index is 1.76. The molecule has 0 saturated carbocycles. The van der Waals surface area contributed by atoms with Crippen molar-refractivity contribution >= 4 is 17.7 Å². The molecule has 1 unspecified atom stereocenters. The van der Waals surface area contributed by atoms with Crippen LogP contribution in [-0.4, -0.2) is 37.1 Å². The summed E-state index contributed by atoms with van der Waals surface area (Å²) in [6, 6.07) is 15.3. The Morgan fingerprint density at radius 1 is 0.962 bits per heavy atom. The van der Waals surface area contributed by atoms with Crippen molar-refractivity contribution in [2.45, 2.75) is 25.3 Å². The number of hydrogen-bond donors (Lipinski definition) is 0. The number of amides is 2. The molecule has 2 aromatic carbocycles. The van der Waals surface area contributed by atoms with Crippen LogP contribution in [0.1, 0.15) is 29.2 Å². The Hall–Kier alpha value is -2.82. The molecule has 0 aromatic heterocycles. The summed E-state index contributed by atoms with van der Waals surface area (Å²) in [5.41, 5.74) is 4.16. The number of carbonyl (C=O) groups excluding carboxylic acids is 2. The highest BCUT2D eigenvalue weighted by atomic mass is 16.5. The van der Waals surface area contributed by atoms with Gasteiger partial charge in [0.15, 0.2) is 0 Å². The van der Waals surface area contributed by atoms with Crippen LogP contribution in [0.5, 0.6) is 0 Å². The molecular formula is C21H22N2O3. The van der Waals surface area contributed by atoms with Gasteiger partial charge in [-0.25, -0.2) is 4.79 Å². The third-order valence-corrected chi connectivity index (χ3v) is 5.30. The minimum atomic E-state index is -0.640. The van der Waals surface area contributed by atoms with Gasteiger partial charge in [-0.1, -0.05) is 42.5 Å². The molecule has 2 aliphatic rings. The second-order valence-electron chi connectivity index (χ2n) is 6.74.